The van der Waals surface area contributed by atoms with Crippen LogP contribution in [0.1, 0.15) is 19.4 Å². The van der Waals surface area contributed by atoms with E-state index in [4.69, 9.17) is 10.5 Å². The van der Waals surface area contributed by atoms with Crippen LogP contribution in [-0.4, -0.2) is 25.7 Å². The highest BCUT2D eigenvalue weighted by atomic mass is 16.5. The molecule has 0 radical (unpaired) electrons. The third-order valence-corrected chi connectivity index (χ3v) is 2.98. The maximum absolute atomic E-state index is 5.82. The molecular formula is C13H20N2O. The molecule has 0 saturated heterocycles. The lowest BCUT2D eigenvalue weighted by atomic mass is 10.1. The van der Waals surface area contributed by atoms with Gasteiger partial charge in [0, 0.05) is 6.54 Å². The fourth-order valence-electron chi connectivity index (χ4n) is 2.19. The molecule has 1 heterocycles. The summed E-state index contributed by atoms with van der Waals surface area (Å²) in [5.41, 5.74) is 8.09. The number of anilines is 1. The van der Waals surface area contributed by atoms with E-state index in [0.717, 1.165) is 25.3 Å². The Kier molecular flexibility index (Phi) is 3.34. The van der Waals surface area contributed by atoms with Gasteiger partial charge in [-0.3, -0.25) is 0 Å². The summed E-state index contributed by atoms with van der Waals surface area (Å²) in [4.78, 5) is 2.36. The molecule has 2 N–H and O–H groups in total. The number of hydrogen-bond acceptors (Lipinski definition) is 3. The van der Waals surface area contributed by atoms with Gasteiger partial charge in [0.2, 0.25) is 0 Å². The van der Waals surface area contributed by atoms with Crippen LogP contribution in [-0.2, 0) is 6.42 Å². The van der Waals surface area contributed by atoms with Gasteiger partial charge >= 0.3 is 0 Å². The zero-order valence-electron chi connectivity index (χ0n) is 10.1. The van der Waals surface area contributed by atoms with Crippen molar-refractivity contribution in [3.05, 3.63) is 23.8 Å². The minimum absolute atomic E-state index is 0.271. The molecule has 1 aliphatic rings. The highest BCUT2D eigenvalue weighted by Crippen LogP contribution is 2.34. The minimum atomic E-state index is 0.271. The Labute approximate surface area is 97.2 Å². The highest BCUT2D eigenvalue weighted by molar-refractivity contribution is 5.61. The van der Waals surface area contributed by atoms with Gasteiger partial charge in [-0.05, 0) is 44.5 Å². The van der Waals surface area contributed by atoms with E-state index >= 15 is 0 Å². The summed E-state index contributed by atoms with van der Waals surface area (Å²) in [5.74, 6) is 1.00. The Balaban J connectivity index is 2.32. The summed E-state index contributed by atoms with van der Waals surface area (Å²) in [6.07, 6.45) is 1.20. The van der Waals surface area contributed by atoms with E-state index in [-0.39, 0.29) is 6.10 Å². The Morgan fingerprint density at radius 1 is 1.50 bits per heavy atom. The lowest BCUT2D eigenvalue weighted by Gasteiger charge is -2.34. The van der Waals surface area contributed by atoms with Crippen molar-refractivity contribution in [2.75, 3.05) is 24.5 Å². The van der Waals surface area contributed by atoms with E-state index in [1.807, 2.05) is 0 Å². The van der Waals surface area contributed by atoms with Crippen molar-refractivity contribution in [2.24, 2.45) is 5.73 Å². The molecule has 1 aromatic carbocycles. The van der Waals surface area contributed by atoms with E-state index in [2.05, 4.69) is 36.9 Å². The van der Waals surface area contributed by atoms with Crippen LogP contribution in [0.4, 0.5) is 5.69 Å². The van der Waals surface area contributed by atoms with Crippen LogP contribution in [0.5, 0.6) is 5.75 Å². The first-order valence-electron chi connectivity index (χ1n) is 5.99. The molecule has 2 rings (SSSR count). The van der Waals surface area contributed by atoms with Gasteiger partial charge in [-0.15, -0.1) is 0 Å². The molecule has 1 unspecified atom stereocenters. The third kappa shape index (κ3) is 2.14. The van der Waals surface area contributed by atoms with Crippen molar-refractivity contribution in [3.8, 4) is 5.75 Å². The Morgan fingerprint density at radius 3 is 3.00 bits per heavy atom. The number of likely N-dealkylation sites (N-methyl/N-ethyl adjacent to an activating group) is 1. The van der Waals surface area contributed by atoms with Gasteiger partial charge < -0.3 is 15.4 Å². The molecular weight excluding hydrogens is 200 g/mol. The molecule has 1 aromatic rings. The number of fused-ring (bicyclic) bond motifs is 1. The summed E-state index contributed by atoms with van der Waals surface area (Å²) in [6.45, 7) is 6.97. The van der Waals surface area contributed by atoms with Gasteiger partial charge in [0.1, 0.15) is 11.9 Å². The molecule has 0 aromatic heterocycles. The molecule has 88 valence electrons. The van der Waals surface area contributed by atoms with Crippen LogP contribution in [0.3, 0.4) is 0 Å². The number of ether oxygens (including phenoxy) is 1. The first-order chi connectivity index (χ1) is 7.74. The Bertz CT molecular complexity index is 365. The molecule has 1 aliphatic heterocycles. The molecule has 0 aliphatic carbocycles. The average molecular weight is 220 g/mol. The molecule has 16 heavy (non-hydrogen) atoms. The van der Waals surface area contributed by atoms with E-state index in [1.165, 1.54) is 11.3 Å². The predicted octanol–water partition coefficient (Wildman–Crippen LogP) is 1.79. The van der Waals surface area contributed by atoms with Crippen LogP contribution in [0.2, 0.25) is 0 Å². The largest absolute Gasteiger partial charge is 0.487 e. The molecule has 0 spiro atoms. The second-order valence-electron chi connectivity index (χ2n) is 4.31. The molecule has 3 heteroatoms. The maximum Gasteiger partial charge on any atom is 0.143 e. The summed E-state index contributed by atoms with van der Waals surface area (Å²) >= 11 is 0. The first-order valence-corrected chi connectivity index (χ1v) is 5.99. The third-order valence-electron chi connectivity index (χ3n) is 2.98. The quantitative estimate of drug-likeness (QED) is 0.844. The van der Waals surface area contributed by atoms with Crippen molar-refractivity contribution < 1.29 is 4.74 Å². The van der Waals surface area contributed by atoms with Gasteiger partial charge in [0.05, 0.1) is 12.2 Å². The predicted molar refractivity (Wildman–Crippen MR) is 67.2 cm³/mol. The lowest BCUT2D eigenvalue weighted by Crippen LogP contribution is -2.38. The number of benzene rings is 1. The Hall–Kier alpha value is -1.22. The maximum atomic E-state index is 5.82. The molecule has 0 bridgehead atoms. The van der Waals surface area contributed by atoms with Crippen molar-refractivity contribution in [1.29, 1.82) is 0 Å². The van der Waals surface area contributed by atoms with Crippen LogP contribution in [0.25, 0.3) is 0 Å². The second-order valence-corrected chi connectivity index (χ2v) is 4.31. The van der Waals surface area contributed by atoms with Gasteiger partial charge in [-0.2, -0.15) is 0 Å². The number of hydrogen-bond donors (Lipinski definition) is 1. The van der Waals surface area contributed by atoms with Crippen molar-refractivity contribution >= 4 is 5.69 Å². The Morgan fingerprint density at radius 2 is 2.31 bits per heavy atom. The topological polar surface area (TPSA) is 38.5 Å². The van der Waals surface area contributed by atoms with E-state index in [0.29, 0.717) is 6.54 Å². The zero-order valence-corrected chi connectivity index (χ0v) is 10.1. The van der Waals surface area contributed by atoms with Crippen LogP contribution >= 0.6 is 0 Å². The van der Waals surface area contributed by atoms with Gasteiger partial charge in [0.15, 0.2) is 0 Å². The van der Waals surface area contributed by atoms with Crippen molar-refractivity contribution in [3.63, 3.8) is 0 Å². The molecule has 3 nitrogen and oxygen atoms in total. The first kappa shape index (κ1) is 11.3. The van der Waals surface area contributed by atoms with Gasteiger partial charge in [-0.25, -0.2) is 0 Å². The molecule has 0 saturated carbocycles. The van der Waals surface area contributed by atoms with E-state index in [1.54, 1.807) is 0 Å². The minimum Gasteiger partial charge on any atom is -0.487 e. The highest BCUT2D eigenvalue weighted by Gasteiger charge is 2.21. The van der Waals surface area contributed by atoms with Crippen LogP contribution in [0, 0.1) is 0 Å². The normalized spacial score (nSPS) is 19.2. The van der Waals surface area contributed by atoms with Crippen LogP contribution < -0.4 is 15.4 Å². The van der Waals surface area contributed by atoms with Gasteiger partial charge in [0.25, 0.3) is 0 Å². The average Bonchev–Trinajstić information content (AvgIpc) is 2.29. The van der Waals surface area contributed by atoms with Crippen LogP contribution in [0.15, 0.2) is 18.2 Å². The monoisotopic (exact) mass is 220 g/mol. The summed E-state index contributed by atoms with van der Waals surface area (Å²) in [5, 5.41) is 0. The summed E-state index contributed by atoms with van der Waals surface area (Å²) < 4.78 is 5.82. The summed E-state index contributed by atoms with van der Waals surface area (Å²) in [7, 11) is 0. The molecule has 0 amide bonds. The van der Waals surface area contributed by atoms with E-state index in [9.17, 15) is 0 Å². The number of rotatable bonds is 3. The van der Waals surface area contributed by atoms with E-state index < -0.39 is 0 Å². The number of nitrogens with two attached hydrogens (primary N) is 1. The lowest BCUT2D eigenvalue weighted by molar-refractivity contribution is 0.213. The second kappa shape index (κ2) is 4.74. The SMILES string of the molecule is CCN1CC(C)Oc2ccc(CCN)cc21. The fourth-order valence-corrected chi connectivity index (χ4v) is 2.19. The molecule has 0 fully saturated rings. The van der Waals surface area contributed by atoms with Gasteiger partial charge in [-0.1, -0.05) is 6.07 Å². The summed E-state index contributed by atoms with van der Waals surface area (Å²) in [6, 6.07) is 6.38. The van der Waals surface area contributed by atoms with Crippen molar-refractivity contribution in [1.82, 2.24) is 0 Å². The molecule has 1 atom stereocenters. The number of nitrogens with zero attached hydrogens (tertiary/aromatic N) is 1. The smallest absolute Gasteiger partial charge is 0.143 e. The standard InChI is InChI=1S/C13H20N2O/c1-3-15-9-10(2)16-13-5-4-11(6-7-14)8-12(13)15/h4-5,8,10H,3,6-7,9,14H2,1-2H3. The van der Waals surface area contributed by atoms with Crippen molar-refractivity contribution in [2.45, 2.75) is 26.4 Å². The fraction of sp³-hybridized carbons (Fsp3) is 0.538. The zero-order chi connectivity index (χ0) is 11.5.